The largest absolute Gasteiger partial charge is 0.491 e. The van der Waals surface area contributed by atoms with E-state index in [4.69, 9.17) is 9.47 Å². The summed E-state index contributed by atoms with van der Waals surface area (Å²) in [4.78, 5) is 17.2. The molecule has 5 nitrogen and oxygen atoms in total. The molecule has 1 aromatic carbocycles. The minimum atomic E-state index is -0.845. The number of methoxy groups -OCH3 is 1. The van der Waals surface area contributed by atoms with E-state index in [2.05, 4.69) is 24.1 Å². The Kier molecular flexibility index (Phi) is 6.76. The molecule has 0 bridgehead atoms. The van der Waals surface area contributed by atoms with Crippen LogP contribution in [0.2, 0.25) is 0 Å². The lowest BCUT2D eigenvalue weighted by Gasteiger charge is -2.27. The van der Waals surface area contributed by atoms with Crippen LogP contribution in [0.3, 0.4) is 0 Å². The lowest BCUT2D eigenvalue weighted by atomic mass is 9.97. The summed E-state index contributed by atoms with van der Waals surface area (Å²) in [6, 6.07) is 7.51. The van der Waals surface area contributed by atoms with E-state index in [9.17, 15) is 4.79 Å². The first-order valence-electron chi connectivity index (χ1n) is 8.92. The average Bonchev–Trinajstić information content (AvgIpc) is 2.65. The first-order valence-corrected chi connectivity index (χ1v) is 8.92. The molecule has 1 unspecified atom stereocenters. The van der Waals surface area contributed by atoms with Crippen LogP contribution in [0.4, 0.5) is 5.69 Å². The van der Waals surface area contributed by atoms with Crippen molar-refractivity contribution in [2.24, 2.45) is 0 Å². The lowest BCUT2D eigenvalue weighted by Crippen LogP contribution is -2.42. The summed E-state index contributed by atoms with van der Waals surface area (Å²) >= 11 is 0. The zero-order valence-corrected chi connectivity index (χ0v) is 15.6. The second-order valence-corrected chi connectivity index (χ2v) is 6.35. The summed E-state index contributed by atoms with van der Waals surface area (Å²) < 4.78 is 11.3. The number of ether oxygens (including phenoxy) is 2. The molecule has 1 N–H and O–H groups in total. The molecule has 0 saturated carbocycles. The van der Waals surface area contributed by atoms with Crippen molar-refractivity contribution in [1.82, 2.24) is 4.98 Å². The van der Waals surface area contributed by atoms with Crippen molar-refractivity contribution in [2.75, 3.05) is 19.0 Å². The van der Waals surface area contributed by atoms with Crippen molar-refractivity contribution in [3.63, 3.8) is 0 Å². The number of benzene rings is 1. The highest BCUT2D eigenvalue weighted by Crippen LogP contribution is 2.31. The molecule has 0 spiro atoms. The number of hydrogen-bond donors (Lipinski definition) is 1. The molecule has 1 amide bonds. The number of hydrogen-bond acceptors (Lipinski definition) is 4. The minimum absolute atomic E-state index is 0.143. The van der Waals surface area contributed by atoms with Gasteiger partial charge in [-0.05, 0) is 44.0 Å². The van der Waals surface area contributed by atoms with Crippen LogP contribution in [0, 0.1) is 0 Å². The Balaban J connectivity index is 2.30. The van der Waals surface area contributed by atoms with E-state index in [1.54, 1.807) is 13.3 Å². The van der Waals surface area contributed by atoms with Crippen LogP contribution in [0.15, 0.2) is 30.5 Å². The zero-order chi connectivity index (χ0) is 18.3. The van der Waals surface area contributed by atoms with Crippen molar-refractivity contribution >= 4 is 22.5 Å². The number of nitrogens with zero attached hydrogens (tertiary/aromatic N) is 1. The van der Waals surface area contributed by atoms with Gasteiger partial charge in [0, 0.05) is 18.7 Å². The smallest absolute Gasteiger partial charge is 0.256 e. The van der Waals surface area contributed by atoms with E-state index in [0.29, 0.717) is 13.0 Å². The number of amides is 1. The normalized spacial score (nSPS) is 13.4. The molecule has 136 valence electrons. The Morgan fingerprint density at radius 1 is 1.24 bits per heavy atom. The first-order chi connectivity index (χ1) is 12.1. The number of carbonyl (C=O) groups is 1. The van der Waals surface area contributed by atoms with E-state index in [1.807, 2.05) is 31.2 Å². The van der Waals surface area contributed by atoms with Gasteiger partial charge in [-0.15, -0.1) is 0 Å². The molecule has 0 aliphatic rings. The highest BCUT2D eigenvalue weighted by atomic mass is 16.5. The van der Waals surface area contributed by atoms with Gasteiger partial charge in [-0.2, -0.15) is 0 Å². The number of pyridine rings is 1. The summed E-state index contributed by atoms with van der Waals surface area (Å²) in [5.74, 6) is 0.590. The second-order valence-electron chi connectivity index (χ2n) is 6.35. The summed E-state index contributed by atoms with van der Waals surface area (Å²) in [5, 5.41) is 3.87. The third-order valence-corrected chi connectivity index (χ3v) is 4.38. The van der Waals surface area contributed by atoms with Crippen LogP contribution in [0.5, 0.6) is 5.75 Å². The maximum atomic E-state index is 12.8. The van der Waals surface area contributed by atoms with Gasteiger partial charge in [0.2, 0.25) is 0 Å². The third kappa shape index (κ3) is 4.48. The summed E-state index contributed by atoms with van der Waals surface area (Å²) in [5.41, 5.74) is 0.625. The fourth-order valence-electron chi connectivity index (χ4n) is 2.66. The summed E-state index contributed by atoms with van der Waals surface area (Å²) in [6.45, 7) is 6.63. The fraction of sp³-hybridized carbons (Fsp3) is 0.500. The zero-order valence-electron chi connectivity index (χ0n) is 15.6. The van der Waals surface area contributed by atoms with E-state index >= 15 is 0 Å². The van der Waals surface area contributed by atoms with Gasteiger partial charge in [0.1, 0.15) is 16.9 Å². The van der Waals surface area contributed by atoms with Crippen LogP contribution in [0.25, 0.3) is 10.9 Å². The molecule has 1 heterocycles. The topological polar surface area (TPSA) is 60.5 Å². The maximum absolute atomic E-state index is 12.8. The van der Waals surface area contributed by atoms with E-state index in [-0.39, 0.29) is 5.91 Å². The van der Waals surface area contributed by atoms with E-state index in [1.165, 1.54) is 0 Å². The third-order valence-electron chi connectivity index (χ3n) is 4.38. The standard InChI is InChI=1S/C20H28N2O3/c1-5-7-12-20(3,24-4)19(23)22-16-10-11-17(25-14-6-2)18-15(16)9-8-13-21-18/h8-11,13H,5-7,12,14H2,1-4H3,(H,22,23). The highest BCUT2D eigenvalue weighted by molar-refractivity contribution is 6.05. The molecule has 2 rings (SSSR count). The molecular formula is C20H28N2O3. The molecule has 0 aliphatic heterocycles. The number of nitrogens with one attached hydrogen (secondary N) is 1. The highest BCUT2D eigenvalue weighted by Gasteiger charge is 2.32. The second kappa shape index (κ2) is 8.81. The van der Waals surface area contributed by atoms with Gasteiger partial charge >= 0.3 is 0 Å². The molecule has 1 aromatic heterocycles. The molecule has 1 atom stereocenters. The molecule has 25 heavy (non-hydrogen) atoms. The SMILES string of the molecule is CCCCC(C)(OC)C(=O)Nc1ccc(OCCC)c2ncccc12. The van der Waals surface area contributed by atoms with Gasteiger partial charge in [-0.25, -0.2) is 0 Å². The van der Waals surface area contributed by atoms with E-state index in [0.717, 1.165) is 41.6 Å². The van der Waals surface area contributed by atoms with Crippen LogP contribution < -0.4 is 10.1 Å². The van der Waals surface area contributed by atoms with Crippen LogP contribution in [-0.4, -0.2) is 30.2 Å². The van der Waals surface area contributed by atoms with Crippen LogP contribution in [0.1, 0.15) is 46.5 Å². The number of carbonyl (C=O) groups excluding carboxylic acids is 1. The molecular weight excluding hydrogens is 316 g/mol. The molecule has 2 aromatic rings. The van der Waals surface area contributed by atoms with Gasteiger partial charge in [-0.3, -0.25) is 9.78 Å². The van der Waals surface area contributed by atoms with Gasteiger partial charge in [0.05, 0.1) is 12.3 Å². The van der Waals surface area contributed by atoms with Crippen molar-refractivity contribution in [2.45, 2.75) is 52.1 Å². The van der Waals surface area contributed by atoms with Crippen molar-refractivity contribution < 1.29 is 14.3 Å². The Hall–Kier alpha value is -2.14. The Labute approximate surface area is 149 Å². The van der Waals surface area contributed by atoms with Crippen molar-refractivity contribution in [3.8, 4) is 5.75 Å². The minimum Gasteiger partial charge on any atom is -0.491 e. The number of rotatable bonds is 9. The van der Waals surface area contributed by atoms with Gasteiger partial charge in [-0.1, -0.05) is 26.7 Å². The van der Waals surface area contributed by atoms with Crippen LogP contribution >= 0.6 is 0 Å². The Morgan fingerprint density at radius 3 is 2.72 bits per heavy atom. The number of unbranched alkanes of at least 4 members (excludes halogenated alkanes) is 1. The van der Waals surface area contributed by atoms with Crippen molar-refractivity contribution in [3.05, 3.63) is 30.5 Å². The lowest BCUT2D eigenvalue weighted by molar-refractivity contribution is -0.136. The quantitative estimate of drug-likeness (QED) is 0.724. The molecule has 0 radical (unpaired) electrons. The number of anilines is 1. The molecule has 0 fully saturated rings. The predicted octanol–water partition coefficient (Wildman–Crippen LogP) is 4.56. The first kappa shape index (κ1) is 19.2. The average molecular weight is 344 g/mol. The van der Waals surface area contributed by atoms with Crippen molar-refractivity contribution in [1.29, 1.82) is 0 Å². The van der Waals surface area contributed by atoms with Gasteiger partial charge in [0.25, 0.3) is 5.91 Å². The molecule has 0 aliphatic carbocycles. The fourth-order valence-corrected chi connectivity index (χ4v) is 2.66. The molecule has 5 heteroatoms. The number of fused-ring (bicyclic) bond motifs is 1. The van der Waals surface area contributed by atoms with Crippen LogP contribution in [-0.2, 0) is 9.53 Å². The Morgan fingerprint density at radius 2 is 2.04 bits per heavy atom. The predicted molar refractivity (Wildman–Crippen MR) is 101 cm³/mol. The number of aromatic nitrogens is 1. The Bertz CT molecular complexity index is 717. The maximum Gasteiger partial charge on any atom is 0.256 e. The summed E-state index contributed by atoms with van der Waals surface area (Å²) in [6.07, 6.45) is 5.29. The van der Waals surface area contributed by atoms with Gasteiger partial charge in [0.15, 0.2) is 0 Å². The van der Waals surface area contributed by atoms with Gasteiger partial charge < -0.3 is 14.8 Å². The van der Waals surface area contributed by atoms with E-state index < -0.39 is 5.60 Å². The monoisotopic (exact) mass is 344 g/mol. The molecule has 0 saturated heterocycles. The summed E-state index contributed by atoms with van der Waals surface area (Å²) in [7, 11) is 1.58.